The minimum absolute atomic E-state index is 0.559. The van der Waals surface area contributed by atoms with E-state index >= 15 is 0 Å². The smallest absolute Gasteiger partial charge is 0.160 e. The van der Waals surface area contributed by atoms with Gasteiger partial charge in [0.25, 0.3) is 0 Å². The number of aliphatic hydroxyl groups excluding tert-OH is 1. The highest BCUT2D eigenvalue weighted by Crippen LogP contribution is 2.30. The molecular formula is C18H25N3OS. The van der Waals surface area contributed by atoms with Crippen molar-refractivity contribution >= 4 is 11.8 Å². The molecule has 0 unspecified atom stereocenters. The first-order chi connectivity index (χ1) is 11.0. The van der Waals surface area contributed by atoms with Crippen LogP contribution in [0.4, 0.5) is 0 Å². The Kier molecular flexibility index (Phi) is 6.57. The number of benzene rings is 1. The lowest BCUT2D eigenvalue weighted by molar-refractivity contribution is 0.194. The van der Waals surface area contributed by atoms with Crippen molar-refractivity contribution in [3.8, 4) is 11.4 Å². The third kappa shape index (κ3) is 5.03. The average molecular weight is 331 g/mol. The fourth-order valence-corrected chi connectivity index (χ4v) is 3.50. The van der Waals surface area contributed by atoms with E-state index in [-0.39, 0.29) is 0 Å². The van der Waals surface area contributed by atoms with Crippen LogP contribution in [0.2, 0.25) is 0 Å². The molecule has 23 heavy (non-hydrogen) atoms. The number of aryl methyl sites for hydroxylation is 1. The second-order valence-corrected chi connectivity index (χ2v) is 6.98. The molecule has 2 aromatic rings. The van der Waals surface area contributed by atoms with Crippen molar-refractivity contribution < 1.29 is 5.11 Å². The molecule has 2 rings (SSSR count). The largest absolute Gasteiger partial charge is 0.389 e. The standard InChI is InChI=1S/C18H25N3OS/c1-13-16(14(2)22)18(23-12-8-11-21(3)4)20-17(19-13)15-9-6-5-7-10-15/h5-7,9-10,14,22H,8,11-12H2,1-4H3/t14-/m1/s1. The molecule has 0 amide bonds. The summed E-state index contributed by atoms with van der Waals surface area (Å²) in [5.74, 6) is 1.70. The quantitative estimate of drug-likeness (QED) is 0.478. The second kappa shape index (κ2) is 8.43. The Hall–Kier alpha value is -1.43. The van der Waals surface area contributed by atoms with Crippen LogP contribution in [0.3, 0.4) is 0 Å². The zero-order valence-corrected chi connectivity index (χ0v) is 15.1. The molecule has 0 aliphatic heterocycles. The van der Waals surface area contributed by atoms with Crippen LogP contribution >= 0.6 is 11.8 Å². The van der Waals surface area contributed by atoms with Crippen molar-refractivity contribution in [1.82, 2.24) is 14.9 Å². The van der Waals surface area contributed by atoms with Gasteiger partial charge in [-0.2, -0.15) is 0 Å². The topological polar surface area (TPSA) is 49.2 Å². The number of hydrogen-bond acceptors (Lipinski definition) is 5. The molecule has 0 aliphatic rings. The predicted octanol–water partition coefficient (Wildman–Crippen LogP) is 3.55. The van der Waals surface area contributed by atoms with Gasteiger partial charge in [-0.05, 0) is 40.9 Å². The predicted molar refractivity (Wildman–Crippen MR) is 96.7 cm³/mol. The number of aliphatic hydroxyl groups is 1. The minimum atomic E-state index is -0.559. The Bertz CT molecular complexity index is 630. The molecule has 124 valence electrons. The van der Waals surface area contributed by atoms with Crippen LogP contribution in [0.5, 0.6) is 0 Å². The Labute approximate surface area is 143 Å². The lowest BCUT2D eigenvalue weighted by atomic mass is 10.1. The highest BCUT2D eigenvalue weighted by Gasteiger charge is 2.17. The molecule has 1 aromatic heterocycles. The Morgan fingerprint density at radius 1 is 1.17 bits per heavy atom. The first-order valence-electron chi connectivity index (χ1n) is 7.88. The van der Waals surface area contributed by atoms with E-state index in [4.69, 9.17) is 4.98 Å². The summed E-state index contributed by atoms with van der Waals surface area (Å²) < 4.78 is 0. The fourth-order valence-electron chi connectivity index (χ4n) is 2.41. The number of thioether (sulfide) groups is 1. The molecule has 1 aromatic carbocycles. The van der Waals surface area contributed by atoms with Gasteiger partial charge in [0.15, 0.2) is 5.82 Å². The molecule has 0 radical (unpaired) electrons. The minimum Gasteiger partial charge on any atom is -0.389 e. The van der Waals surface area contributed by atoms with E-state index in [9.17, 15) is 5.11 Å². The van der Waals surface area contributed by atoms with Crippen LogP contribution in [0.25, 0.3) is 11.4 Å². The van der Waals surface area contributed by atoms with Gasteiger partial charge >= 0.3 is 0 Å². The maximum atomic E-state index is 10.1. The molecule has 0 bridgehead atoms. The highest BCUT2D eigenvalue weighted by molar-refractivity contribution is 7.99. The Morgan fingerprint density at radius 3 is 2.48 bits per heavy atom. The summed E-state index contributed by atoms with van der Waals surface area (Å²) >= 11 is 1.70. The summed E-state index contributed by atoms with van der Waals surface area (Å²) in [4.78, 5) is 11.5. The van der Waals surface area contributed by atoms with Crippen LogP contribution in [-0.4, -0.2) is 46.4 Å². The first kappa shape index (κ1) is 17.9. The van der Waals surface area contributed by atoms with Gasteiger partial charge in [0.05, 0.1) is 6.10 Å². The summed E-state index contributed by atoms with van der Waals surface area (Å²) in [5, 5.41) is 11.0. The van der Waals surface area contributed by atoms with Crippen molar-refractivity contribution in [2.24, 2.45) is 0 Å². The van der Waals surface area contributed by atoms with E-state index in [1.807, 2.05) is 37.3 Å². The van der Waals surface area contributed by atoms with Gasteiger partial charge in [0.1, 0.15) is 5.03 Å². The van der Waals surface area contributed by atoms with Crippen molar-refractivity contribution in [3.63, 3.8) is 0 Å². The van der Waals surface area contributed by atoms with E-state index < -0.39 is 6.10 Å². The van der Waals surface area contributed by atoms with Crippen molar-refractivity contribution in [1.29, 1.82) is 0 Å². The monoisotopic (exact) mass is 331 g/mol. The Balaban J connectivity index is 2.27. The van der Waals surface area contributed by atoms with E-state index in [0.29, 0.717) is 0 Å². The average Bonchev–Trinajstić information content (AvgIpc) is 2.51. The maximum Gasteiger partial charge on any atom is 0.160 e. The molecular weight excluding hydrogens is 306 g/mol. The second-order valence-electron chi connectivity index (χ2n) is 5.90. The van der Waals surface area contributed by atoms with Crippen molar-refractivity contribution in [2.45, 2.75) is 31.4 Å². The van der Waals surface area contributed by atoms with Gasteiger partial charge in [0.2, 0.25) is 0 Å². The molecule has 5 heteroatoms. The summed E-state index contributed by atoms with van der Waals surface area (Å²) in [6, 6.07) is 9.98. The molecule has 0 aliphatic carbocycles. The maximum absolute atomic E-state index is 10.1. The lowest BCUT2D eigenvalue weighted by Gasteiger charge is -2.15. The summed E-state index contributed by atoms with van der Waals surface area (Å²) in [5.41, 5.74) is 2.70. The van der Waals surface area contributed by atoms with Crippen molar-refractivity contribution in [2.75, 3.05) is 26.4 Å². The van der Waals surface area contributed by atoms with Gasteiger partial charge in [-0.3, -0.25) is 0 Å². The van der Waals surface area contributed by atoms with E-state index in [1.54, 1.807) is 18.7 Å². The van der Waals surface area contributed by atoms with Gasteiger partial charge in [-0.1, -0.05) is 30.3 Å². The molecule has 0 fully saturated rings. The number of hydrogen-bond donors (Lipinski definition) is 1. The van der Waals surface area contributed by atoms with E-state index in [0.717, 1.165) is 46.4 Å². The zero-order valence-electron chi connectivity index (χ0n) is 14.3. The van der Waals surface area contributed by atoms with Crippen LogP contribution < -0.4 is 0 Å². The molecule has 0 spiro atoms. The fraction of sp³-hybridized carbons (Fsp3) is 0.444. The van der Waals surface area contributed by atoms with E-state index in [2.05, 4.69) is 24.0 Å². The zero-order chi connectivity index (χ0) is 16.8. The van der Waals surface area contributed by atoms with Gasteiger partial charge in [-0.15, -0.1) is 11.8 Å². The summed E-state index contributed by atoms with van der Waals surface area (Å²) in [6.45, 7) is 4.77. The first-order valence-corrected chi connectivity index (χ1v) is 8.87. The summed E-state index contributed by atoms with van der Waals surface area (Å²) in [6.07, 6.45) is 0.525. The summed E-state index contributed by atoms with van der Waals surface area (Å²) in [7, 11) is 4.16. The lowest BCUT2D eigenvalue weighted by Crippen LogP contribution is -2.13. The molecule has 0 saturated carbocycles. The van der Waals surface area contributed by atoms with Gasteiger partial charge in [0, 0.05) is 22.6 Å². The normalized spacial score (nSPS) is 12.6. The van der Waals surface area contributed by atoms with Crippen LogP contribution in [0, 0.1) is 6.92 Å². The molecule has 1 atom stereocenters. The Morgan fingerprint density at radius 2 is 1.87 bits per heavy atom. The van der Waals surface area contributed by atoms with Crippen LogP contribution in [0.1, 0.15) is 30.7 Å². The third-order valence-corrected chi connectivity index (χ3v) is 4.62. The highest BCUT2D eigenvalue weighted by atomic mass is 32.2. The molecule has 1 heterocycles. The third-order valence-electron chi connectivity index (χ3n) is 3.54. The molecule has 0 saturated heterocycles. The van der Waals surface area contributed by atoms with E-state index in [1.165, 1.54) is 0 Å². The number of rotatable bonds is 7. The SMILES string of the molecule is Cc1nc(-c2ccccc2)nc(SCCCN(C)C)c1[C@@H](C)O. The van der Waals surface area contributed by atoms with Gasteiger partial charge in [-0.25, -0.2) is 9.97 Å². The molecule has 1 N–H and O–H groups in total. The van der Waals surface area contributed by atoms with Crippen LogP contribution in [0.15, 0.2) is 35.4 Å². The van der Waals surface area contributed by atoms with Crippen LogP contribution in [-0.2, 0) is 0 Å². The number of aromatic nitrogens is 2. The molecule has 4 nitrogen and oxygen atoms in total. The van der Waals surface area contributed by atoms with Crippen molar-refractivity contribution in [3.05, 3.63) is 41.6 Å². The number of nitrogens with zero attached hydrogens (tertiary/aromatic N) is 3. The van der Waals surface area contributed by atoms with Gasteiger partial charge < -0.3 is 10.0 Å².